The van der Waals surface area contributed by atoms with Crippen molar-refractivity contribution in [3.05, 3.63) is 70.1 Å². The summed E-state index contributed by atoms with van der Waals surface area (Å²) in [4.78, 5) is 23.4. The maximum Gasteiger partial charge on any atom is 0.261 e. The fraction of sp³-hybridized carbons (Fsp3) is 0.217. The number of benzene rings is 1. The number of thiazole rings is 1. The van der Waals surface area contributed by atoms with Crippen molar-refractivity contribution in [2.75, 3.05) is 5.32 Å². The van der Waals surface area contributed by atoms with Crippen LogP contribution in [0.3, 0.4) is 0 Å². The maximum atomic E-state index is 14.5. The standard InChI is InChI=1S/C23H20FN5OS/c1-13-7-5-10-17(25-13)20-14(2)31-23(26-20)27-22(30)19-18-11-6-12-29(18)28-21(19)15-8-3-4-9-16(15)24/h3-5,7-10H,6,11-12H2,1-2H3,(H,26,27,30). The SMILES string of the molecule is Cc1cccc(-c2nc(NC(=O)c3c(-c4ccccc4F)nn4c3CCC4)sc2C)n1. The van der Waals surface area contributed by atoms with Crippen LogP contribution >= 0.6 is 11.3 Å². The normalized spacial score (nSPS) is 12.7. The Morgan fingerprint density at radius 1 is 1.10 bits per heavy atom. The number of amides is 1. The fourth-order valence-corrected chi connectivity index (χ4v) is 4.75. The van der Waals surface area contributed by atoms with E-state index < -0.39 is 5.82 Å². The van der Waals surface area contributed by atoms with Crippen LogP contribution in [0.25, 0.3) is 22.6 Å². The van der Waals surface area contributed by atoms with Crippen LogP contribution in [0.4, 0.5) is 9.52 Å². The summed E-state index contributed by atoms with van der Waals surface area (Å²) >= 11 is 1.39. The number of rotatable bonds is 4. The summed E-state index contributed by atoms with van der Waals surface area (Å²) in [6, 6.07) is 12.2. The number of nitrogens with one attached hydrogen (secondary N) is 1. The first-order valence-corrected chi connectivity index (χ1v) is 10.9. The molecule has 1 aliphatic rings. The summed E-state index contributed by atoms with van der Waals surface area (Å²) in [6.07, 6.45) is 1.65. The first kappa shape index (κ1) is 19.6. The Kier molecular flexibility index (Phi) is 4.86. The number of hydrogen-bond acceptors (Lipinski definition) is 5. The van der Waals surface area contributed by atoms with Gasteiger partial charge in [-0.1, -0.05) is 18.2 Å². The number of aryl methyl sites for hydroxylation is 3. The third-order valence-corrected chi connectivity index (χ3v) is 6.23. The van der Waals surface area contributed by atoms with Gasteiger partial charge in [0.1, 0.15) is 17.2 Å². The Morgan fingerprint density at radius 3 is 2.74 bits per heavy atom. The predicted octanol–water partition coefficient (Wildman–Crippen LogP) is 5.02. The first-order valence-electron chi connectivity index (χ1n) is 10.1. The van der Waals surface area contributed by atoms with Gasteiger partial charge in [0.05, 0.1) is 17.0 Å². The molecule has 0 unspecified atom stereocenters. The highest BCUT2D eigenvalue weighted by molar-refractivity contribution is 7.16. The molecule has 5 rings (SSSR count). The maximum absolute atomic E-state index is 14.5. The molecule has 8 heteroatoms. The Balaban J connectivity index is 1.51. The molecule has 0 atom stereocenters. The van der Waals surface area contributed by atoms with E-state index in [2.05, 4.69) is 20.4 Å². The van der Waals surface area contributed by atoms with E-state index in [9.17, 15) is 9.18 Å². The van der Waals surface area contributed by atoms with Crippen LogP contribution in [-0.4, -0.2) is 25.7 Å². The van der Waals surface area contributed by atoms with Crippen molar-refractivity contribution < 1.29 is 9.18 Å². The van der Waals surface area contributed by atoms with Gasteiger partial charge >= 0.3 is 0 Å². The second-order valence-corrected chi connectivity index (χ2v) is 8.72. The summed E-state index contributed by atoms with van der Waals surface area (Å²) < 4.78 is 16.3. The van der Waals surface area contributed by atoms with Gasteiger partial charge in [-0.15, -0.1) is 11.3 Å². The van der Waals surface area contributed by atoms with Crippen molar-refractivity contribution in [2.45, 2.75) is 33.2 Å². The zero-order valence-electron chi connectivity index (χ0n) is 17.1. The molecule has 0 aliphatic carbocycles. The number of fused-ring (bicyclic) bond motifs is 1. The number of aromatic nitrogens is 4. The third kappa shape index (κ3) is 3.53. The van der Waals surface area contributed by atoms with Crippen molar-refractivity contribution in [1.29, 1.82) is 0 Å². The number of nitrogens with zero attached hydrogens (tertiary/aromatic N) is 4. The first-order chi connectivity index (χ1) is 15.0. The van der Waals surface area contributed by atoms with Gasteiger partial charge in [0.15, 0.2) is 5.13 Å². The molecule has 3 aromatic heterocycles. The van der Waals surface area contributed by atoms with E-state index in [-0.39, 0.29) is 5.91 Å². The van der Waals surface area contributed by atoms with E-state index in [4.69, 9.17) is 0 Å². The van der Waals surface area contributed by atoms with Gasteiger partial charge in [-0.05, 0) is 51.0 Å². The van der Waals surface area contributed by atoms with Gasteiger partial charge in [-0.25, -0.2) is 9.37 Å². The highest BCUT2D eigenvalue weighted by Gasteiger charge is 2.29. The molecular weight excluding hydrogens is 413 g/mol. The van der Waals surface area contributed by atoms with Crippen LogP contribution in [0.15, 0.2) is 42.5 Å². The Morgan fingerprint density at radius 2 is 1.94 bits per heavy atom. The third-order valence-electron chi connectivity index (χ3n) is 5.35. The lowest BCUT2D eigenvalue weighted by Gasteiger charge is -2.06. The minimum absolute atomic E-state index is 0.320. The van der Waals surface area contributed by atoms with Crippen molar-refractivity contribution in [3.8, 4) is 22.6 Å². The van der Waals surface area contributed by atoms with Crippen molar-refractivity contribution >= 4 is 22.4 Å². The summed E-state index contributed by atoms with van der Waals surface area (Å²) in [5.74, 6) is -0.717. The molecule has 4 heterocycles. The monoisotopic (exact) mass is 433 g/mol. The van der Waals surface area contributed by atoms with E-state index in [1.54, 1.807) is 18.2 Å². The summed E-state index contributed by atoms with van der Waals surface area (Å²) in [6.45, 7) is 4.61. The van der Waals surface area contributed by atoms with Gasteiger partial charge in [-0.3, -0.25) is 19.8 Å². The summed E-state index contributed by atoms with van der Waals surface area (Å²) in [5, 5.41) is 7.95. The average Bonchev–Trinajstić information content (AvgIpc) is 3.42. The highest BCUT2D eigenvalue weighted by Crippen LogP contribution is 2.33. The van der Waals surface area contributed by atoms with Crippen LogP contribution in [0.1, 0.15) is 33.0 Å². The molecule has 6 nitrogen and oxygen atoms in total. The second-order valence-electron chi connectivity index (χ2n) is 7.52. The zero-order chi connectivity index (χ0) is 21.5. The van der Waals surface area contributed by atoms with E-state index in [0.717, 1.165) is 47.0 Å². The van der Waals surface area contributed by atoms with Gasteiger partial charge in [0.25, 0.3) is 5.91 Å². The van der Waals surface area contributed by atoms with Crippen LogP contribution in [0, 0.1) is 19.7 Å². The molecular formula is C23H20FN5OS. The van der Waals surface area contributed by atoms with Crippen molar-refractivity contribution in [1.82, 2.24) is 19.7 Å². The lowest BCUT2D eigenvalue weighted by Crippen LogP contribution is -2.14. The molecule has 0 saturated heterocycles. The minimum atomic E-state index is -0.397. The molecule has 0 fully saturated rings. The Bertz CT molecular complexity index is 1310. The lowest BCUT2D eigenvalue weighted by atomic mass is 10.0. The topological polar surface area (TPSA) is 72.7 Å². The summed E-state index contributed by atoms with van der Waals surface area (Å²) in [7, 11) is 0. The Hall–Kier alpha value is -3.39. The van der Waals surface area contributed by atoms with Crippen LogP contribution in [-0.2, 0) is 13.0 Å². The van der Waals surface area contributed by atoms with Gasteiger partial charge in [0, 0.05) is 22.7 Å². The van der Waals surface area contributed by atoms with Crippen molar-refractivity contribution in [3.63, 3.8) is 0 Å². The van der Waals surface area contributed by atoms with E-state index >= 15 is 0 Å². The van der Waals surface area contributed by atoms with Crippen molar-refractivity contribution in [2.24, 2.45) is 0 Å². The largest absolute Gasteiger partial charge is 0.298 e. The molecule has 156 valence electrons. The second kappa shape index (κ2) is 7.70. The smallest absolute Gasteiger partial charge is 0.261 e. The quantitative estimate of drug-likeness (QED) is 0.490. The lowest BCUT2D eigenvalue weighted by molar-refractivity contribution is 0.102. The van der Waals surface area contributed by atoms with E-state index in [1.807, 2.05) is 36.7 Å². The molecule has 1 N–H and O–H groups in total. The number of halogens is 1. The minimum Gasteiger partial charge on any atom is -0.298 e. The van der Waals surface area contributed by atoms with Gasteiger partial charge in [-0.2, -0.15) is 5.10 Å². The molecule has 4 aromatic rings. The number of carbonyl (C=O) groups is 1. The molecule has 0 bridgehead atoms. The zero-order valence-corrected chi connectivity index (χ0v) is 18.0. The number of carbonyl (C=O) groups excluding carboxylic acids is 1. The molecule has 0 saturated carbocycles. The number of pyridine rings is 1. The van der Waals surface area contributed by atoms with Gasteiger partial charge < -0.3 is 0 Å². The molecule has 1 aliphatic heterocycles. The molecule has 0 spiro atoms. The Labute approximate surface area is 182 Å². The molecule has 31 heavy (non-hydrogen) atoms. The number of hydrogen-bond donors (Lipinski definition) is 1. The van der Waals surface area contributed by atoms with Crippen LogP contribution in [0.5, 0.6) is 0 Å². The molecule has 1 aromatic carbocycles. The summed E-state index contributed by atoms with van der Waals surface area (Å²) in [5.41, 5.74) is 4.38. The molecule has 1 amide bonds. The molecule has 0 radical (unpaired) electrons. The predicted molar refractivity (Wildman–Crippen MR) is 119 cm³/mol. The van der Waals surface area contributed by atoms with Gasteiger partial charge in [0.2, 0.25) is 0 Å². The van der Waals surface area contributed by atoms with E-state index in [1.165, 1.54) is 17.4 Å². The van der Waals surface area contributed by atoms with Crippen LogP contribution < -0.4 is 5.32 Å². The fourth-order valence-electron chi connectivity index (χ4n) is 3.93. The van der Waals surface area contributed by atoms with Crippen LogP contribution in [0.2, 0.25) is 0 Å². The average molecular weight is 434 g/mol. The highest BCUT2D eigenvalue weighted by atomic mass is 32.1. The number of anilines is 1. The van der Waals surface area contributed by atoms with E-state index in [0.29, 0.717) is 22.0 Å².